The molecule has 1 N–H and O–H groups in total. The number of benzene rings is 1. The third-order valence-electron chi connectivity index (χ3n) is 3.08. The van der Waals surface area contributed by atoms with Gasteiger partial charge in [-0.05, 0) is 25.5 Å². The van der Waals surface area contributed by atoms with Gasteiger partial charge in [-0.2, -0.15) is 0 Å². The van der Waals surface area contributed by atoms with Crippen LogP contribution in [-0.4, -0.2) is 27.8 Å². The Morgan fingerprint density at radius 3 is 2.95 bits per heavy atom. The fourth-order valence-corrected chi connectivity index (χ4v) is 2.67. The monoisotopic (exact) mass is 289 g/mol. The molecule has 0 spiro atoms. The lowest BCUT2D eigenvalue weighted by Gasteiger charge is -2.14. The smallest absolute Gasteiger partial charge is 0.230 e. The molecule has 0 aliphatic rings. The molecule has 1 heterocycles. The van der Waals surface area contributed by atoms with Crippen LogP contribution >= 0.6 is 11.8 Å². The summed E-state index contributed by atoms with van der Waals surface area (Å²) < 4.78 is 1.98. The SMILES string of the molecule is Cc1ccccc1SCC(=O)NCC(C)n1ccnc1. The fourth-order valence-electron chi connectivity index (χ4n) is 1.81. The Balaban J connectivity index is 1.75. The van der Waals surface area contributed by atoms with E-state index in [0.29, 0.717) is 12.3 Å². The molecule has 0 radical (unpaired) electrons. The molecule has 1 aromatic carbocycles. The second-order valence-corrected chi connectivity index (χ2v) is 5.73. The molecular weight excluding hydrogens is 270 g/mol. The molecule has 2 aromatic rings. The van der Waals surface area contributed by atoms with Crippen molar-refractivity contribution < 1.29 is 4.79 Å². The highest BCUT2D eigenvalue weighted by Crippen LogP contribution is 2.21. The van der Waals surface area contributed by atoms with Crippen LogP contribution in [0, 0.1) is 6.92 Å². The number of hydrogen-bond donors (Lipinski definition) is 1. The van der Waals surface area contributed by atoms with E-state index in [0.717, 1.165) is 4.90 Å². The molecule has 0 bridgehead atoms. The van der Waals surface area contributed by atoms with Crippen molar-refractivity contribution in [2.45, 2.75) is 24.8 Å². The fraction of sp³-hybridized carbons (Fsp3) is 0.333. The van der Waals surface area contributed by atoms with Gasteiger partial charge >= 0.3 is 0 Å². The lowest BCUT2D eigenvalue weighted by Crippen LogP contribution is -2.30. The second kappa shape index (κ2) is 7.14. The van der Waals surface area contributed by atoms with Gasteiger partial charge in [0.2, 0.25) is 5.91 Å². The first-order valence-electron chi connectivity index (χ1n) is 6.59. The Kier molecular flexibility index (Phi) is 5.24. The molecule has 0 saturated heterocycles. The molecule has 0 fully saturated rings. The van der Waals surface area contributed by atoms with Crippen LogP contribution in [0.1, 0.15) is 18.5 Å². The van der Waals surface area contributed by atoms with Crippen LogP contribution in [0.4, 0.5) is 0 Å². The minimum Gasteiger partial charge on any atom is -0.353 e. The zero-order valence-electron chi connectivity index (χ0n) is 11.7. The van der Waals surface area contributed by atoms with E-state index in [9.17, 15) is 4.79 Å². The summed E-state index contributed by atoms with van der Waals surface area (Å²) in [7, 11) is 0. The third kappa shape index (κ3) is 4.13. The summed E-state index contributed by atoms with van der Waals surface area (Å²) in [4.78, 5) is 17.0. The van der Waals surface area contributed by atoms with E-state index in [4.69, 9.17) is 0 Å². The molecule has 20 heavy (non-hydrogen) atoms. The van der Waals surface area contributed by atoms with Crippen LogP contribution in [0.3, 0.4) is 0 Å². The van der Waals surface area contributed by atoms with E-state index in [-0.39, 0.29) is 11.9 Å². The number of aromatic nitrogens is 2. The van der Waals surface area contributed by atoms with Crippen LogP contribution in [-0.2, 0) is 4.79 Å². The third-order valence-corrected chi connectivity index (χ3v) is 4.26. The van der Waals surface area contributed by atoms with E-state index in [1.807, 2.05) is 29.0 Å². The first-order chi connectivity index (χ1) is 9.66. The Hall–Kier alpha value is -1.75. The average Bonchev–Trinajstić information content (AvgIpc) is 2.98. The molecule has 0 saturated carbocycles. The van der Waals surface area contributed by atoms with Gasteiger partial charge in [0, 0.05) is 29.9 Å². The normalized spacial score (nSPS) is 12.1. The van der Waals surface area contributed by atoms with Crippen molar-refractivity contribution in [3.63, 3.8) is 0 Å². The van der Waals surface area contributed by atoms with Crippen molar-refractivity contribution in [3.8, 4) is 0 Å². The largest absolute Gasteiger partial charge is 0.353 e. The molecule has 1 amide bonds. The Bertz CT molecular complexity index is 554. The molecule has 0 aliphatic heterocycles. The van der Waals surface area contributed by atoms with Gasteiger partial charge in [-0.1, -0.05) is 18.2 Å². The van der Waals surface area contributed by atoms with Crippen LogP contribution in [0.15, 0.2) is 47.9 Å². The van der Waals surface area contributed by atoms with Crippen LogP contribution in [0.2, 0.25) is 0 Å². The highest BCUT2D eigenvalue weighted by atomic mass is 32.2. The lowest BCUT2D eigenvalue weighted by atomic mass is 10.2. The molecule has 2 rings (SSSR count). The number of thioether (sulfide) groups is 1. The maximum absolute atomic E-state index is 11.8. The van der Waals surface area contributed by atoms with Crippen LogP contribution in [0.5, 0.6) is 0 Å². The zero-order valence-corrected chi connectivity index (χ0v) is 12.6. The number of carbonyl (C=O) groups is 1. The van der Waals surface area contributed by atoms with Gasteiger partial charge in [-0.15, -0.1) is 11.8 Å². The standard InChI is InChI=1S/C15H19N3OS/c1-12-5-3-4-6-14(12)20-10-15(19)17-9-13(2)18-8-7-16-11-18/h3-8,11,13H,9-10H2,1-2H3,(H,17,19). The van der Waals surface area contributed by atoms with Gasteiger partial charge in [0.1, 0.15) is 0 Å². The number of imidazole rings is 1. The van der Waals surface area contributed by atoms with Crippen molar-refractivity contribution in [2.24, 2.45) is 0 Å². The van der Waals surface area contributed by atoms with Gasteiger partial charge in [-0.3, -0.25) is 4.79 Å². The van der Waals surface area contributed by atoms with Crippen LogP contribution < -0.4 is 5.32 Å². The summed E-state index contributed by atoms with van der Waals surface area (Å²) in [6.07, 6.45) is 5.41. The van der Waals surface area contributed by atoms with Crippen molar-refractivity contribution in [1.82, 2.24) is 14.9 Å². The Labute approximate surface area is 123 Å². The van der Waals surface area contributed by atoms with E-state index >= 15 is 0 Å². The predicted molar refractivity (Wildman–Crippen MR) is 81.9 cm³/mol. The van der Waals surface area contributed by atoms with Crippen molar-refractivity contribution in [1.29, 1.82) is 0 Å². The van der Waals surface area contributed by atoms with E-state index < -0.39 is 0 Å². The van der Waals surface area contributed by atoms with Gasteiger partial charge < -0.3 is 9.88 Å². The zero-order chi connectivity index (χ0) is 14.4. The van der Waals surface area contributed by atoms with Crippen molar-refractivity contribution in [2.75, 3.05) is 12.3 Å². The highest BCUT2D eigenvalue weighted by molar-refractivity contribution is 8.00. The molecule has 0 aliphatic carbocycles. The Morgan fingerprint density at radius 2 is 2.25 bits per heavy atom. The maximum Gasteiger partial charge on any atom is 0.230 e. The minimum absolute atomic E-state index is 0.0604. The number of carbonyl (C=O) groups excluding carboxylic acids is 1. The molecule has 1 unspecified atom stereocenters. The number of nitrogens with one attached hydrogen (secondary N) is 1. The number of hydrogen-bond acceptors (Lipinski definition) is 3. The summed E-state index contributed by atoms with van der Waals surface area (Å²) in [6.45, 7) is 4.72. The summed E-state index contributed by atoms with van der Waals surface area (Å²) in [5, 5.41) is 2.95. The highest BCUT2D eigenvalue weighted by Gasteiger charge is 2.07. The number of rotatable bonds is 6. The lowest BCUT2D eigenvalue weighted by molar-refractivity contribution is -0.118. The van der Waals surface area contributed by atoms with E-state index in [1.165, 1.54) is 5.56 Å². The van der Waals surface area contributed by atoms with E-state index in [2.05, 4.69) is 30.2 Å². The minimum atomic E-state index is 0.0604. The molecule has 4 nitrogen and oxygen atoms in total. The van der Waals surface area contributed by atoms with Crippen molar-refractivity contribution in [3.05, 3.63) is 48.5 Å². The molecule has 106 valence electrons. The first-order valence-corrected chi connectivity index (χ1v) is 7.58. The van der Waals surface area contributed by atoms with Gasteiger partial charge in [0.15, 0.2) is 0 Å². The predicted octanol–water partition coefficient (Wildman–Crippen LogP) is 2.66. The van der Waals surface area contributed by atoms with Gasteiger partial charge in [0.05, 0.1) is 12.1 Å². The first kappa shape index (κ1) is 14.7. The molecule has 1 atom stereocenters. The Morgan fingerprint density at radius 1 is 1.45 bits per heavy atom. The molecule has 5 heteroatoms. The summed E-state index contributed by atoms with van der Waals surface area (Å²) in [5.41, 5.74) is 1.21. The van der Waals surface area contributed by atoms with Gasteiger partial charge in [-0.25, -0.2) is 4.98 Å². The summed E-state index contributed by atoms with van der Waals surface area (Å²) >= 11 is 1.57. The summed E-state index contributed by atoms with van der Waals surface area (Å²) in [6, 6.07) is 8.31. The van der Waals surface area contributed by atoms with Crippen LogP contribution in [0.25, 0.3) is 0 Å². The second-order valence-electron chi connectivity index (χ2n) is 4.72. The quantitative estimate of drug-likeness (QED) is 0.832. The molecule has 1 aromatic heterocycles. The van der Waals surface area contributed by atoms with Gasteiger partial charge in [0.25, 0.3) is 0 Å². The number of aryl methyl sites for hydroxylation is 1. The summed E-state index contributed by atoms with van der Waals surface area (Å²) in [5.74, 6) is 0.506. The maximum atomic E-state index is 11.8. The number of nitrogens with zero attached hydrogens (tertiary/aromatic N) is 2. The van der Waals surface area contributed by atoms with Crippen molar-refractivity contribution >= 4 is 17.7 Å². The van der Waals surface area contributed by atoms with E-state index in [1.54, 1.807) is 24.3 Å². The topological polar surface area (TPSA) is 46.9 Å². The molecular formula is C15H19N3OS. The number of amides is 1. The average molecular weight is 289 g/mol.